The van der Waals surface area contributed by atoms with Gasteiger partial charge in [-0.25, -0.2) is 0 Å². The highest BCUT2D eigenvalue weighted by atomic mass is 31.2. The van der Waals surface area contributed by atoms with Crippen molar-refractivity contribution in [2.75, 3.05) is 12.3 Å². The maximum atomic E-state index is 12.8. The van der Waals surface area contributed by atoms with Crippen molar-refractivity contribution < 1.29 is 28.4 Å². The Hall–Kier alpha value is -5.02. The largest absolute Gasteiger partial charge is 0.508 e. The van der Waals surface area contributed by atoms with Crippen LogP contribution in [0.15, 0.2) is 146 Å². The van der Waals surface area contributed by atoms with Gasteiger partial charge in [-0.1, -0.05) is 111 Å². The molecule has 8 heteroatoms. The molecule has 2 aliphatic heterocycles. The van der Waals surface area contributed by atoms with Gasteiger partial charge in [0.15, 0.2) is 0 Å². The van der Waals surface area contributed by atoms with Gasteiger partial charge < -0.3 is 19.3 Å². The maximum Gasteiger partial charge on any atom is 0.277 e. The molecule has 0 fully saturated rings. The van der Waals surface area contributed by atoms with Crippen LogP contribution in [0.3, 0.4) is 0 Å². The first-order chi connectivity index (χ1) is 23.2. The van der Waals surface area contributed by atoms with Crippen LogP contribution in [-0.4, -0.2) is 22.5 Å². The topological polar surface area (TPSA) is 93.1 Å². The van der Waals surface area contributed by atoms with Crippen LogP contribution in [0.4, 0.5) is 0 Å². The molecule has 6 nitrogen and oxygen atoms in total. The Morgan fingerprint density at radius 3 is 1.10 bits per heavy atom. The fourth-order valence-corrected chi connectivity index (χ4v) is 9.57. The molecule has 2 heterocycles. The van der Waals surface area contributed by atoms with Crippen LogP contribution in [0, 0.1) is 0 Å². The number of hydrogen-bond acceptors (Lipinski definition) is 6. The highest BCUT2D eigenvalue weighted by Crippen LogP contribution is 2.55. The average molecular weight is 675 g/mol. The third-order valence-electron chi connectivity index (χ3n) is 8.29. The zero-order valence-electron chi connectivity index (χ0n) is 26.7. The summed E-state index contributed by atoms with van der Waals surface area (Å²) in [6.45, 7) is 3.82. The second-order valence-corrected chi connectivity index (χ2v) is 16.6. The number of aromatic hydroxyl groups is 2. The van der Waals surface area contributed by atoms with Gasteiger partial charge in [0.05, 0.1) is 10.6 Å². The smallest absolute Gasteiger partial charge is 0.277 e. The van der Waals surface area contributed by atoms with Crippen molar-refractivity contribution in [3.63, 3.8) is 0 Å². The van der Waals surface area contributed by atoms with E-state index in [1.165, 1.54) is 0 Å². The van der Waals surface area contributed by atoms with Crippen molar-refractivity contribution in [2.45, 2.75) is 13.8 Å². The van der Waals surface area contributed by atoms with Crippen LogP contribution in [0.25, 0.3) is 33.4 Å². The third-order valence-corrected chi connectivity index (χ3v) is 13.2. The lowest BCUT2D eigenvalue weighted by Crippen LogP contribution is -2.18. The van der Waals surface area contributed by atoms with Crippen molar-refractivity contribution in [3.8, 4) is 56.4 Å². The third kappa shape index (κ3) is 6.69. The van der Waals surface area contributed by atoms with Gasteiger partial charge in [0.2, 0.25) is 0 Å². The first-order valence-electron chi connectivity index (χ1n) is 15.8. The summed E-state index contributed by atoms with van der Waals surface area (Å²) in [5.41, 5.74) is 6.18. The Morgan fingerprint density at radius 1 is 0.438 bits per heavy atom. The molecule has 8 rings (SSSR count). The maximum absolute atomic E-state index is 12.8. The van der Waals surface area contributed by atoms with Crippen molar-refractivity contribution in [1.82, 2.24) is 0 Å². The predicted molar refractivity (Wildman–Crippen MR) is 196 cm³/mol. The van der Waals surface area contributed by atoms with Crippen LogP contribution < -0.4 is 19.7 Å². The molecule has 2 N–H and O–H groups in total. The fourth-order valence-electron chi connectivity index (χ4n) is 5.73. The number of para-hydroxylation sites is 2. The number of phenolic OH excluding ortho intramolecular Hbond substituents is 2. The Morgan fingerprint density at radius 2 is 0.750 bits per heavy atom. The molecular formula is C40H36O6P2. The van der Waals surface area contributed by atoms with Gasteiger partial charge in [-0.05, 0) is 70.8 Å². The monoisotopic (exact) mass is 674 g/mol. The molecule has 0 aliphatic carbocycles. The predicted octanol–water partition coefficient (Wildman–Crippen LogP) is 10.1. The van der Waals surface area contributed by atoms with Crippen LogP contribution in [-0.2, 0) is 9.13 Å². The van der Waals surface area contributed by atoms with Gasteiger partial charge in [0, 0.05) is 23.5 Å². The van der Waals surface area contributed by atoms with E-state index in [-0.39, 0.29) is 11.5 Å². The van der Waals surface area contributed by atoms with E-state index >= 15 is 0 Å². The molecule has 0 bridgehead atoms. The summed E-state index contributed by atoms with van der Waals surface area (Å²) in [7, 11) is -5.43. The normalized spacial score (nSPS) is 18.0. The number of benzene rings is 6. The molecular weight excluding hydrogens is 638 g/mol. The van der Waals surface area contributed by atoms with E-state index in [0.29, 0.717) is 12.3 Å². The number of phenols is 2. The molecule has 0 saturated carbocycles. The first-order valence-corrected chi connectivity index (χ1v) is 19.4. The molecule has 48 heavy (non-hydrogen) atoms. The minimum absolute atomic E-state index is 0.257. The van der Waals surface area contributed by atoms with E-state index in [1.54, 1.807) is 24.3 Å². The Bertz CT molecular complexity index is 1990. The van der Waals surface area contributed by atoms with E-state index < -0.39 is 14.7 Å². The number of hydrogen-bond donors (Lipinski definition) is 2. The number of fused-ring (bicyclic) bond motifs is 6. The summed E-state index contributed by atoms with van der Waals surface area (Å²) in [4.78, 5) is 0. The molecule has 0 saturated heterocycles. The van der Waals surface area contributed by atoms with Gasteiger partial charge >= 0.3 is 0 Å². The second-order valence-electron chi connectivity index (χ2n) is 11.3. The van der Waals surface area contributed by atoms with Gasteiger partial charge in [-0.15, -0.1) is 0 Å². The first kappa shape index (κ1) is 32.9. The summed E-state index contributed by atoms with van der Waals surface area (Å²) in [6, 6.07) is 45.1. The van der Waals surface area contributed by atoms with Crippen LogP contribution in [0.5, 0.6) is 23.0 Å². The Balaban J connectivity index is 0.000000126. The number of rotatable bonds is 3. The Labute approximate surface area is 281 Å². The van der Waals surface area contributed by atoms with Crippen LogP contribution >= 0.6 is 14.7 Å². The van der Waals surface area contributed by atoms with Gasteiger partial charge in [-0.2, -0.15) is 0 Å². The second kappa shape index (κ2) is 14.0. The van der Waals surface area contributed by atoms with Gasteiger partial charge in [-0.3, -0.25) is 9.13 Å². The van der Waals surface area contributed by atoms with Crippen molar-refractivity contribution in [2.24, 2.45) is 0 Å². The molecule has 0 amide bonds. The van der Waals surface area contributed by atoms with E-state index in [9.17, 15) is 9.13 Å². The molecule has 2 aliphatic rings. The average Bonchev–Trinajstić information content (AvgIpc) is 3.13. The highest BCUT2D eigenvalue weighted by Gasteiger charge is 2.34. The molecule has 6 aromatic carbocycles. The zero-order chi connectivity index (χ0) is 33.7. The lowest BCUT2D eigenvalue weighted by molar-refractivity contribution is 0.474. The van der Waals surface area contributed by atoms with Crippen molar-refractivity contribution in [3.05, 3.63) is 146 Å². The molecule has 6 aromatic rings. The van der Waals surface area contributed by atoms with E-state index in [1.807, 2.05) is 135 Å². The quantitative estimate of drug-likeness (QED) is 0.182. The molecule has 242 valence electrons. The molecule has 0 spiro atoms. The van der Waals surface area contributed by atoms with E-state index in [2.05, 4.69) is 0 Å². The summed E-state index contributed by atoms with van der Waals surface area (Å²) in [5, 5.41) is 19.9. The minimum atomic E-state index is -2.72. The minimum Gasteiger partial charge on any atom is -0.508 e. The SMILES string of the molecule is CCP1(=O)Oc2ccccc2-c2ccccc21.CCP1(=O)Oc2ccccc2-c2ccccc21.Oc1ccc(-c2ccc(O)cc2)cc1. The standard InChI is InChI=1S/2C14H13O2P.C12H10O2/c2*1-2-17(15)14-10-6-4-8-12(14)11-7-3-5-9-13(11)16-17;13-11-5-1-9(2-6-11)10-3-7-12(14)8-4-10/h2*3-10H,2H2,1H3;1-8,13-14H. The van der Waals surface area contributed by atoms with Crippen molar-refractivity contribution >= 4 is 25.3 Å². The van der Waals surface area contributed by atoms with Gasteiger partial charge in [0.1, 0.15) is 23.0 Å². The summed E-state index contributed by atoms with van der Waals surface area (Å²) in [6.07, 6.45) is 1.05. The summed E-state index contributed by atoms with van der Waals surface area (Å²) >= 11 is 0. The molecule has 0 radical (unpaired) electrons. The molecule has 2 unspecified atom stereocenters. The zero-order valence-corrected chi connectivity index (χ0v) is 28.5. The fraction of sp³-hybridized carbons (Fsp3) is 0.100. The van der Waals surface area contributed by atoms with Crippen LogP contribution in [0.1, 0.15) is 13.8 Å². The van der Waals surface area contributed by atoms with Crippen LogP contribution in [0.2, 0.25) is 0 Å². The molecule has 0 aromatic heterocycles. The lowest BCUT2D eigenvalue weighted by atomic mass is 10.0. The van der Waals surface area contributed by atoms with E-state index in [4.69, 9.17) is 19.3 Å². The summed E-state index contributed by atoms with van der Waals surface area (Å²) in [5.74, 6) is 1.98. The molecule has 2 atom stereocenters. The van der Waals surface area contributed by atoms with Crippen molar-refractivity contribution in [1.29, 1.82) is 0 Å². The lowest BCUT2D eigenvalue weighted by Gasteiger charge is -2.27. The van der Waals surface area contributed by atoms with E-state index in [0.717, 1.165) is 55.5 Å². The van der Waals surface area contributed by atoms with Gasteiger partial charge in [0.25, 0.3) is 14.7 Å². The summed E-state index contributed by atoms with van der Waals surface area (Å²) < 4.78 is 37.0. The highest BCUT2D eigenvalue weighted by molar-refractivity contribution is 7.68. The Kier molecular flexibility index (Phi) is 9.59.